The Labute approximate surface area is 129 Å². The molecule has 2 rings (SSSR count). The minimum absolute atomic E-state index is 0.241. The van der Waals surface area contributed by atoms with Crippen molar-refractivity contribution in [2.24, 2.45) is 0 Å². The van der Waals surface area contributed by atoms with Gasteiger partial charge < -0.3 is 4.18 Å². The van der Waals surface area contributed by atoms with Gasteiger partial charge in [-0.2, -0.15) is 17.4 Å². The van der Waals surface area contributed by atoms with E-state index in [1.807, 2.05) is 4.72 Å². The van der Waals surface area contributed by atoms with Crippen molar-refractivity contribution < 1.29 is 26.4 Å². The summed E-state index contributed by atoms with van der Waals surface area (Å²) in [6.07, 6.45) is -3.22. The molecule has 2 aromatic rings. The zero-order chi connectivity index (χ0) is 16.2. The number of hydrogen-bond donors (Lipinski definition) is 2. The van der Waals surface area contributed by atoms with E-state index in [0.29, 0.717) is 0 Å². The van der Waals surface area contributed by atoms with Gasteiger partial charge in [-0.25, -0.2) is 14.5 Å². The third kappa shape index (κ3) is 4.43. The minimum atomic E-state index is -4.66. The van der Waals surface area contributed by atoms with Gasteiger partial charge >= 0.3 is 23.5 Å². The molecule has 0 saturated heterocycles. The number of rotatable bonds is 4. The number of nitrogens with zero attached hydrogens (tertiary/aromatic N) is 1. The predicted molar refractivity (Wildman–Crippen MR) is 74.5 cm³/mol. The van der Waals surface area contributed by atoms with Crippen LogP contribution in [0.15, 0.2) is 35.8 Å². The molecule has 2 N–H and O–H groups in total. The Morgan fingerprint density at radius 2 is 2.05 bits per heavy atom. The van der Waals surface area contributed by atoms with Crippen molar-refractivity contribution in [1.29, 1.82) is 0 Å². The molecular weight excluding hydrogens is 343 g/mol. The smallest absolute Gasteiger partial charge is 0.384 e. The maximum atomic E-state index is 12.7. The number of thiazole rings is 1. The van der Waals surface area contributed by atoms with Gasteiger partial charge in [0.05, 0.1) is 5.56 Å². The number of anilines is 1. The Bertz CT molecular complexity index is 677. The molecule has 0 saturated carbocycles. The van der Waals surface area contributed by atoms with Gasteiger partial charge in [0.1, 0.15) is 0 Å². The number of para-hydroxylation sites is 1. The highest BCUT2D eigenvalue weighted by Gasteiger charge is 2.34. The second-order valence-corrected chi connectivity index (χ2v) is 5.44. The van der Waals surface area contributed by atoms with Gasteiger partial charge in [0, 0.05) is 11.6 Å². The fourth-order valence-electron chi connectivity index (χ4n) is 1.36. The lowest BCUT2D eigenvalue weighted by Crippen LogP contribution is -2.33. The van der Waals surface area contributed by atoms with Crippen molar-refractivity contribution in [1.82, 2.24) is 9.71 Å². The summed E-state index contributed by atoms with van der Waals surface area (Å²) in [5.41, 5.74) is -1.09. The van der Waals surface area contributed by atoms with E-state index in [4.69, 9.17) is 0 Å². The molecular formula is C11H8F3N3O3S2. The molecule has 1 aromatic carbocycles. The van der Waals surface area contributed by atoms with Crippen LogP contribution in [0.4, 0.5) is 23.1 Å². The summed E-state index contributed by atoms with van der Waals surface area (Å²) in [6.45, 7) is 0. The molecule has 1 unspecified atom stereocenters. The lowest BCUT2D eigenvalue weighted by molar-refractivity contribution is -0.138. The van der Waals surface area contributed by atoms with Gasteiger partial charge in [0.25, 0.3) is 0 Å². The number of halogens is 3. The second-order valence-electron chi connectivity index (χ2n) is 3.71. The highest BCUT2D eigenvalue weighted by Crippen LogP contribution is 2.36. The van der Waals surface area contributed by atoms with E-state index in [1.54, 1.807) is 5.38 Å². The van der Waals surface area contributed by atoms with E-state index in [2.05, 4.69) is 14.5 Å². The van der Waals surface area contributed by atoms with Crippen molar-refractivity contribution >= 4 is 33.8 Å². The summed E-state index contributed by atoms with van der Waals surface area (Å²) in [7, 11) is 0. The van der Waals surface area contributed by atoms with Crippen LogP contribution in [0.1, 0.15) is 5.56 Å². The predicted octanol–water partition coefficient (Wildman–Crippen LogP) is 2.94. The van der Waals surface area contributed by atoms with Gasteiger partial charge in [-0.15, -0.1) is 11.3 Å². The summed E-state index contributed by atoms with van der Waals surface area (Å²) in [5, 5.41) is 4.09. The van der Waals surface area contributed by atoms with Crippen LogP contribution in [0.5, 0.6) is 5.75 Å². The second kappa shape index (κ2) is 6.75. The number of hydrogen-bond acceptors (Lipinski definition) is 5. The van der Waals surface area contributed by atoms with E-state index in [1.165, 1.54) is 18.3 Å². The standard InChI is InChI=1S/C11H8F3N3O3S2/c12-11(13,14)7-3-1-2-4-8(7)20-22(19)17-9(18)16-10-15-5-6-21-10/h1-6H,(H2,15,16,17,18). The van der Waals surface area contributed by atoms with Crippen LogP contribution in [0, 0.1) is 0 Å². The van der Waals surface area contributed by atoms with Crippen molar-refractivity contribution in [2.45, 2.75) is 6.18 Å². The molecule has 1 atom stereocenters. The van der Waals surface area contributed by atoms with Crippen LogP contribution < -0.4 is 14.2 Å². The molecule has 1 heterocycles. The molecule has 22 heavy (non-hydrogen) atoms. The number of benzene rings is 1. The van der Waals surface area contributed by atoms with E-state index < -0.39 is 34.8 Å². The number of carbonyl (C=O) groups excluding carboxylic acids is 1. The Morgan fingerprint density at radius 1 is 1.32 bits per heavy atom. The Morgan fingerprint density at radius 3 is 2.68 bits per heavy atom. The van der Waals surface area contributed by atoms with Crippen LogP contribution in [0.25, 0.3) is 0 Å². The number of amides is 2. The first-order chi connectivity index (χ1) is 10.4. The molecule has 0 radical (unpaired) electrons. The molecule has 0 aliphatic rings. The van der Waals surface area contributed by atoms with Crippen molar-refractivity contribution in [3.63, 3.8) is 0 Å². The SMILES string of the molecule is O=C(Nc1nccs1)NS(=O)Oc1ccccc1C(F)(F)F. The molecule has 118 valence electrons. The van der Waals surface area contributed by atoms with Gasteiger partial charge in [-0.1, -0.05) is 12.1 Å². The quantitative estimate of drug-likeness (QED) is 0.888. The molecule has 0 aliphatic carbocycles. The Hall–Kier alpha value is -2.14. The van der Waals surface area contributed by atoms with Crippen LogP contribution in [0.3, 0.4) is 0 Å². The number of aromatic nitrogens is 1. The summed E-state index contributed by atoms with van der Waals surface area (Å²) in [4.78, 5) is 15.2. The highest BCUT2D eigenvalue weighted by molar-refractivity contribution is 7.79. The Balaban J connectivity index is 1.99. The maximum Gasteiger partial charge on any atom is 0.420 e. The number of nitrogens with one attached hydrogen (secondary N) is 2. The normalized spacial score (nSPS) is 12.5. The first-order valence-electron chi connectivity index (χ1n) is 5.59. The number of urea groups is 1. The fraction of sp³-hybridized carbons (Fsp3) is 0.0909. The molecule has 0 spiro atoms. The highest BCUT2D eigenvalue weighted by atomic mass is 32.2. The van der Waals surface area contributed by atoms with E-state index >= 15 is 0 Å². The summed E-state index contributed by atoms with van der Waals surface area (Å²) < 4.78 is 56.2. The summed E-state index contributed by atoms with van der Waals surface area (Å²) in [5.74, 6) is -0.650. The third-order valence-corrected chi connectivity index (χ3v) is 3.56. The topological polar surface area (TPSA) is 80.3 Å². The summed E-state index contributed by atoms with van der Waals surface area (Å²) >= 11 is -1.38. The van der Waals surface area contributed by atoms with Crippen LogP contribution in [-0.4, -0.2) is 15.2 Å². The zero-order valence-corrected chi connectivity index (χ0v) is 12.2. The molecule has 11 heteroatoms. The van der Waals surface area contributed by atoms with Crippen LogP contribution in [-0.2, 0) is 17.4 Å². The van der Waals surface area contributed by atoms with Gasteiger partial charge in [-0.05, 0) is 12.1 Å². The number of carbonyl (C=O) groups is 1. The first kappa shape index (κ1) is 16.2. The van der Waals surface area contributed by atoms with E-state index in [9.17, 15) is 22.2 Å². The molecule has 0 aliphatic heterocycles. The molecule has 2 amide bonds. The third-order valence-electron chi connectivity index (χ3n) is 2.19. The fourth-order valence-corrected chi connectivity index (χ4v) is 2.44. The van der Waals surface area contributed by atoms with Crippen molar-refractivity contribution in [3.05, 3.63) is 41.4 Å². The first-order valence-corrected chi connectivity index (χ1v) is 7.55. The molecule has 1 aromatic heterocycles. The average Bonchev–Trinajstić information content (AvgIpc) is 2.90. The molecule has 6 nitrogen and oxygen atoms in total. The maximum absolute atomic E-state index is 12.7. The van der Waals surface area contributed by atoms with Crippen LogP contribution in [0.2, 0.25) is 0 Å². The average molecular weight is 351 g/mol. The molecule has 0 bridgehead atoms. The van der Waals surface area contributed by atoms with Crippen molar-refractivity contribution in [3.8, 4) is 5.75 Å². The Kier molecular flexibility index (Phi) is 4.98. The summed E-state index contributed by atoms with van der Waals surface area (Å²) in [6, 6.07) is 3.32. The van der Waals surface area contributed by atoms with Crippen LogP contribution >= 0.6 is 11.3 Å². The molecule has 0 fully saturated rings. The zero-order valence-electron chi connectivity index (χ0n) is 10.6. The largest absolute Gasteiger partial charge is 0.420 e. The monoisotopic (exact) mass is 351 g/mol. The lowest BCUT2D eigenvalue weighted by Gasteiger charge is -2.12. The van der Waals surface area contributed by atoms with Crippen molar-refractivity contribution in [2.75, 3.05) is 5.32 Å². The van der Waals surface area contributed by atoms with Gasteiger partial charge in [0.15, 0.2) is 10.9 Å². The van der Waals surface area contributed by atoms with E-state index in [0.717, 1.165) is 23.5 Å². The number of alkyl halides is 3. The lowest BCUT2D eigenvalue weighted by atomic mass is 10.2. The minimum Gasteiger partial charge on any atom is -0.384 e. The van der Waals surface area contributed by atoms with Gasteiger partial charge in [0.2, 0.25) is 0 Å². The van der Waals surface area contributed by atoms with E-state index in [-0.39, 0.29) is 5.13 Å². The van der Waals surface area contributed by atoms with Gasteiger partial charge in [-0.3, -0.25) is 5.32 Å².